The summed E-state index contributed by atoms with van der Waals surface area (Å²) in [5.74, 6) is 2.47. The molecule has 4 aromatic carbocycles. The first-order valence-corrected chi connectivity index (χ1v) is 21.7. The maximum Gasteiger partial charge on any atom is 0.700 e. The lowest BCUT2D eigenvalue weighted by Crippen LogP contribution is -2.25. The molecule has 2 N–H and O–H groups in total. The number of aryl methyl sites for hydroxylation is 2. The molecule has 0 saturated carbocycles. The zero-order valence-corrected chi connectivity index (χ0v) is 34.0. The molecule has 2 atom stereocenters. The molecule has 292 valence electrons. The second kappa shape index (κ2) is 18.3. The van der Waals surface area contributed by atoms with Crippen molar-refractivity contribution in [2.45, 2.75) is 102 Å². The second-order valence-corrected chi connectivity index (χ2v) is 19.1. The molecule has 0 bridgehead atoms. The van der Waals surface area contributed by atoms with Crippen LogP contribution in [0.4, 0.5) is 0 Å². The van der Waals surface area contributed by atoms with Crippen molar-refractivity contribution in [2.24, 2.45) is 0 Å². The molecule has 0 aliphatic rings. The van der Waals surface area contributed by atoms with E-state index in [-0.39, 0.29) is 36.5 Å². The predicted molar refractivity (Wildman–Crippen MR) is 210 cm³/mol. The van der Waals surface area contributed by atoms with Gasteiger partial charge >= 0.3 is 8.25 Å². The molecule has 0 saturated heterocycles. The Morgan fingerprint density at radius 3 is 1.22 bits per heavy atom. The quantitative estimate of drug-likeness (QED) is 0.0727. The van der Waals surface area contributed by atoms with E-state index in [0.717, 1.165) is 11.1 Å². The van der Waals surface area contributed by atoms with Gasteiger partial charge in [-0.3, -0.25) is 9.11 Å². The van der Waals surface area contributed by atoms with Crippen LogP contribution in [0.2, 0.25) is 0 Å². The molecule has 0 aromatic heterocycles. The molecule has 0 spiro atoms. The van der Waals surface area contributed by atoms with Crippen molar-refractivity contribution in [3.05, 3.63) is 119 Å². The van der Waals surface area contributed by atoms with Crippen LogP contribution in [0.25, 0.3) is 0 Å². The van der Waals surface area contributed by atoms with E-state index in [1.165, 1.54) is 11.1 Å². The molecule has 0 aliphatic heterocycles. The molecule has 0 heterocycles. The van der Waals surface area contributed by atoms with Gasteiger partial charge in [0.2, 0.25) is 10.9 Å². The van der Waals surface area contributed by atoms with Gasteiger partial charge in [0.15, 0.2) is 0 Å². The Labute approximate surface area is 320 Å². The zero-order chi connectivity index (χ0) is 39.7. The summed E-state index contributed by atoms with van der Waals surface area (Å²) in [6.45, 7) is 12.7. The Morgan fingerprint density at radius 1 is 0.556 bits per heavy atom. The van der Waals surface area contributed by atoms with Crippen LogP contribution in [-0.2, 0) is 57.5 Å². The summed E-state index contributed by atoms with van der Waals surface area (Å²) < 4.78 is 103. The van der Waals surface area contributed by atoms with Crippen LogP contribution in [-0.4, -0.2) is 36.8 Å². The van der Waals surface area contributed by atoms with Gasteiger partial charge in [0.05, 0.1) is 0 Å². The van der Waals surface area contributed by atoms with Crippen LogP contribution in [0.3, 0.4) is 0 Å². The summed E-state index contributed by atoms with van der Waals surface area (Å²) in [7, 11) is -13.1. The van der Waals surface area contributed by atoms with E-state index in [4.69, 9.17) is 18.5 Å². The smallest absolute Gasteiger partial charge is 0.457 e. The summed E-state index contributed by atoms with van der Waals surface area (Å²) >= 11 is 0. The van der Waals surface area contributed by atoms with Crippen molar-refractivity contribution in [2.75, 3.05) is 0 Å². The average Bonchev–Trinajstić information content (AvgIpc) is 3.06. The molecule has 4 rings (SSSR count). The van der Waals surface area contributed by atoms with Crippen molar-refractivity contribution in [1.82, 2.24) is 0 Å². The van der Waals surface area contributed by atoms with Crippen LogP contribution < -0.4 is 9.47 Å². The largest absolute Gasteiger partial charge is 0.700 e. The minimum Gasteiger partial charge on any atom is -0.457 e. The number of benzene rings is 4. The topological polar surface area (TPSA) is 163 Å². The molecule has 0 amide bonds. The van der Waals surface area contributed by atoms with E-state index < -0.39 is 39.4 Å². The summed E-state index contributed by atoms with van der Waals surface area (Å²) in [5.41, 5.74) is 0.0470. The molecule has 14 heteroatoms. The van der Waals surface area contributed by atoms with Crippen LogP contribution in [0.5, 0.6) is 23.0 Å². The Kier molecular flexibility index (Phi) is 14.6. The average molecular weight is 802 g/mol. The third-order valence-corrected chi connectivity index (χ3v) is 11.7. The highest BCUT2D eigenvalue weighted by Crippen LogP contribution is 2.35. The number of rotatable bonds is 18. The van der Waals surface area contributed by atoms with Gasteiger partial charge in [0.25, 0.3) is 20.2 Å². The number of hydrogen-bond acceptors (Lipinski definition) is 9. The molecule has 2 unspecified atom stereocenters. The fourth-order valence-corrected chi connectivity index (χ4v) is 8.39. The number of ether oxygens (including phenoxy) is 2. The normalized spacial score (nSPS) is 14.0. The Bertz CT molecular complexity index is 1920. The van der Waals surface area contributed by atoms with E-state index in [1.54, 1.807) is 36.4 Å². The molecular formula is C40H50O11PS2+. The highest BCUT2D eigenvalue weighted by molar-refractivity contribution is 7.86. The monoisotopic (exact) mass is 801 g/mol. The fourth-order valence-electron chi connectivity index (χ4n) is 5.52. The first-order chi connectivity index (χ1) is 25.2. The van der Waals surface area contributed by atoms with Gasteiger partial charge in [-0.2, -0.15) is 16.8 Å². The van der Waals surface area contributed by atoms with Gasteiger partial charge in [0, 0.05) is 4.57 Å². The van der Waals surface area contributed by atoms with Gasteiger partial charge in [-0.1, -0.05) is 99.1 Å². The highest BCUT2D eigenvalue weighted by Gasteiger charge is 2.41. The molecule has 0 radical (unpaired) electrons. The molecule has 4 aromatic rings. The fraction of sp³-hybridized carbons (Fsp3) is 0.400. The van der Waals surface area contributed by atoms with Crippen LogP contribution in [0.15, 0.2) is 97.1 Å². The van der Waals surface area contributed by atoms with Crippen molar-refractivity contribution in [3.8, 4) is 23.0 Å². The lowest BCUT2D eigenvalue weighted by molar-refractivity contribution is 0.170. The summed E-state index contributed by atoms with van der Waals surface area (Å²) in [6, 6.07) is 30.0. The van der Waals surface area contributed by atoms with Crippen LogP contribution >= 0.6 is 8.25 Å². The van der Waals surface area contributed by atoms with Crippen molar-refractivity contribution in [1.29, 1.82) is 0 Å². The SMILES string of the molecule is CC(C)(C)c1ccc(Oc2cccc(CCCC(O[P+](=O)OC(CCCc3cccc(Oc4ccc(C(C)(C)C)cc4)c3)S(=O)(=O)O)S(=O)(=O)O)c2)cc1. The van der Waals surface area contributed by atoms with E-state index in [1.807, 2.05) is 60.7 Å². The third-order valence-electron chi connectivity index (χ3n) is 8.59. The summed E-state index contributed by atoms with van der Waals surface area (Å²) in [5, 5.41) is 0. The Hall–Kier alpha value is -3.68. The molecule has 0 aliphatic carbocycles. The van der Waals surface area contributed by atoms with E-state index >= 15 is 0 Å². The molecule has 11 nitrogen and oxygen atoms in total. The Balaban J connectivity index is 1.29. The molecular weight excluding hydrogens is 752 g/mol. The highest BCUT2D eigenvalue weighted by atomic mass is 32.2. The van der Waals surface area contributed by atoms with Crippen LogP contribution in [0.1, 0.15) is 89.5 Å². The molecule has 54 heavy (non-hydrogen) atoms. The lowest BCUT2D eigenvalue weighted by atomic mass is 9.87. The zero-order valence-electron chi connectivity index (χ0n) is 31.5. The van der Waals surface area contributed by atoms with E-state index in [9.17, 15) is 30.5 Å². The Morgan fingerprint density at radius 2 is 0.907 bits per heavy atom. The minimum absolute atomic E-state index is 0.00485. The van der Waals surface area contributed by atoms with Crippen molar-refractivity contribution < 1.29 is 49.0 Å². The van der Waals surface area contributed by atoms with Gasteiger partial charge in [-0.05, 0) is 120 Å². The van der Waals surface area contributed by atoms with Crippen molar-refractivity contribution in [3.63, 3.8) is 0 Å². The number of hydrogen-bond donors (Lipinski definition) is 2. The molecule has 0 fully saturated rings. The van der Waals surface area contributed by atoms with Gasteiger partial charge in [-0.25, -0.2) is 0 Å². The predicted octanol–water partition coefficient (Wildman–Crippen LogP) is 10.3. The summed E-state index contributed by atoms with van der Waals surface area (Å²) in [4.78, 5) is 0. The third kappa shape index (κ3) is 13.9. The minimum atomic E-state index is -4.87. The lowest BCUT2D eigenvalue weighted by Gasteiger charge is -2.19. The van der Waals surface area contributed by atoms with Gasteiger partial charge in [-0.15, -0.1) is 0 Å². The van der Waals surface area contributed by atoms with E-state index in [2.05, 4.69) is 41.5 Å². The van der Waals surface area contributed by atoms with Crippen LogP contribution in [0, 0.1) is 0 Å². The van der Waals surface area contributed by atoms with Gasteiger partial charge < -0.3 is 9.47 Å². The first-order valence-electron chi connectivity index (χ1n) is 17.6. The standard InChI is InChI=1S/C40H49O11PS2/c1-39(2,3)31-19-23-33(24-20-31)48-35-15-7-11-29(27-35)13-9-17-37(53(42,43)44)50-52(41)51-38(54(45,46)47)18-10-14-30-12-8-16-36(28-30)49-34-25-21-32(22-26-34)40(4,5)6/h7-8,11-12,15-16,19-28,37-38H,9-10,13-14,17-18H2,1-6H3,(H-,42,43,44,45,46,47)/p+1. The van der Waals surface area contributed by atoms with Gasteiger partial charge in [0.1, 0.15) is 23.0 Å². The maximum atomic E-state index is 12.7. The second-order valence-electron chi connectivity index (χ2n) is 15.2. The first kappa shape index (κ1) is 43.1. The maximum absolute atomic E-state index is 12.7. The van der Waals surface area contributed by atoms with E-state index in [0.29, 0.717) is 35.8 Å². The summed E-state index contributed by atoms with van der Waals surface area (Å²) in [6.07, 6.45) is 0.526. The van der Waals surface area contributed by atoms with Crippen molar-refractivity contribution >= 4 is 28.5 Å².